The molecule has 17 heavy (non-hydrogen) atoms. The standard InChI is InChI=1S/C11H13N5O/c1-7-8(2)16(6-14-7)9-3-4-10(13-5-9)11(12)15-17/h3-6,17H,1-2H3,(H2,12,15). The Kier molecular flexibility index (Phi) is 2.78. The zero-order valence-electron chi connectivity index (χ0n) is 9.62. The van der Waals surface area contributed by atoms with Gasteiger partial charge in [0.05, 0.1) is 23.9 Å². The van der Waals surface area contributed by atoms with E-state index < -0.39 is 0 Å². The molecule has 0 aliphatic rings. The number of nitrogens with two attached hydrogens (primary N) is 1. The van der Waals surface area contributed by atoms with Crippen LogP contribution in [0.25, 0.3) is 5.69 Å². The zero-order valence-corrected chi connectivity index (χ0v) is 9.62. The highest BCUT2D eigenvalue weighted by Gasteiger charge is 2.06. The molecule has 0 saturated carbocycles. The summed E-state index contributed by atoms with van der Waals surface area (Å²) in [5, 5.41) is 11.4. The molecule has 88 valence electrons. The van der Waals surface area contributed by atoms with E-state index in [0.29, 0.717) is 5.69 Å². The summed E-state index contributed by atoms with van der Waals surface area (Å²) in [4.78, 5) is 8.32. The first-order valence-corrected chi connectivity index (χ1v) is 5.08. The summed E-state index contributed by atoms with van der Waals surface area (Å²) < 4.78 is 1.93. The van der Waals surface area contributed by atoms with Crippen LogP contribution in [0.3, 0.4) is 0 Å². The molecule has 0 aromatic carbocycles. The predicted molar refractivity (Wildman–Crippen MR) is 63.3 cm³/mol. The Hall–Kier alpha value is -2.37. The first-order chi connectivity index (χ1) is 8.13. The van der Waals surface area contributed by atoms with Gasteiger partial charge in [0.1, 0.15) is 5.69 Å². The van der Waals surface area contributed by atoms with Gasteiger partial charge < -0.3 is 15.5 Å². The molecule has 0 atom stereocenters. The van der Waals surface area contributed by atoms with Gasteiger partial charge in [-0.15, -0.1) is 0 Å². The Labute approximate surface area is 98.4 Å². The van der Waals surface area contributed by atoms with E-state index in [2.05, 4.69) is 15.1 Å². The molecular weight excluding hydrogens is 218 g/mol. The van der Waals surface area contributed by atoms with Crippen LogP contribution >= 0.6 is 0 Å². The third-order valence-electron chi connectivity index (χ3n) is 2.65. The van der Waals surface area contributed by atoms with Gasteiger partial charge in [0.2, 0.25) is 0 Å². The lowest BCUT2D eigenvalue weighted by Crippen LogP contribution is -2.15. The van der Waals surface area contributed by atoms with E-state index in [0.717, 1.165) is 17.1 Å². The largest absolute Gasteiger partial charge is 0.409 e. The van der Waals surface area contributed by atoms with Crippen LogP contribution in [0, 0.1) is 13.8 Å². The number of amidine groups is 1. The van der Waals surface area contributed by atoms with Gasteiger partial charge in [0, 0.05) is 5.69 Å². The Morgan fingerprint density at radius 2 is 2.12 bits per heavy atom. The smallest absolute Gasteiger partial charge is 0.188 e. The second kappa shape index (κ2) is 4.25. The molecule has 6 heteroatoms. The van der Waals surface area contributed by atoms with Crippen molar-refractivity contribution < 1.29 is 5.21 Å². The molecule has 2 aromatic rings. The lowest BCUT2D eigenvalue weighted by Gasteiger charge is -2.05. The molecule has 2 rings (SSSR count). The lowest BCUT2D eigenvalue weighted by molar-refractivity contribution is 0.318. The number of hydrogen-bond donors (Lipinski definition) is 2. The molecule has 3 N–H and O–H groups in total. The summed E-state index contributed by atoms with van der Waals surface area (Å²) in [7, 11) is 0. The number of imidazole rings is 1. The third-order valence-corrected chi connectivity index (χ3v) is 2.65. The summed E-state index contributed by atoms with van der Waals surface area (Å²) in [5.74, 6) is -0.00455. The molecule has 2 heterocycles. The van der Waals surface area contributed by atoms with E-state index in [9.17, 15) is 0 Å². The predicted octanol–water partition coefficient (Wildman–Crippen LogP) is 0.979. The van der Waals surface area contributed by atoms with Gasteiger partial charge in [-0.05, 0) is 26.0 Å². The van der Waals surface area contributed by atoms with Gasteiger partial charge in [-0.2, -0.15) is 0 Å². The minimum Gasteiger partial charge on any atom is -0.409 e. The van der Waals surface area contributed by atoms with Crippen LogP contribution in [0.4, 0.5) is 0 Å². The topological polar surface area (TPSA) is 89.3 Å². The number of aromatic nitrogens is 3. The van der Waals surface area contributed by atoms with E-state index in [4.69, 9.17) is 10.9 Å². The van der Waals surface area contributed by atoms with Crippen molar-refractivity contribution in [3.05, 3.63) is 41.7 Å². The number of nitrogens with zero attached hydrogens (tertiary/aromatic N) is 4. The highest BCUT2D eigenvalue weighted by molar-refractivity contribution is 5.95. The summed E-state index contributed by atoms with van der Waals surface area (Å²) in [6.45, 7) is 3.93. The average Bonchev–Trinajstić information content (AvgIpc) is 2.69. The number of hydrogen-bond acceptors (Lipinski definition) is 4. The molecule has 2 aromatic heterocycles. The molecule has 0 aliphatic heterocycles. The fourth-order valence-electron chi connectivity index (χ4n) is 1.49. The second-order valence-corrected chi connectivity index (χ2v) is 3.67. The minimum absolute atomic E-state index is 0.00455. The lowest BCUT2D eigenvalue weighted by atomic mass is 10.3. The molecule has 0 unspecified atom stereocenters. The summed E-state index contributed by atoms with van der Waals surface area (Å²) >= 11 is 0. The summed E-state index contributed by atoms with van der Waals surface area (Å²) in [6.07, 6.45) is 3.40. The van der Waals surface area contributed by atoms with Gasteiger partial charge in [-0.3, -0.25) is 4.98 Å². The molecule has 0 amide bonds. The Bertz CT molecular complexity index is 556. The van der Waals surface area contributed by atoms with Crippen molar-refractivity contribution in [2.75, 3.05) is 0 Å². The molecule has 6 nitrogen and oxygen atoms in total. The van der Waals surface area contributed by atoms with Gasteiger partial charge in [0.15, 0.2) is 5.84 Å². The first-order valence-electron chi connectivity index (χ1n) is 5.08. The number of rotatable bonds is 2. The van der Waals surface area contributed by atoms with Crippen molar-refractivity contribution in [3.63, 3.8) is 0 Å². The van der Waals surface area contributed by atoms with E-state index in [1.54, 1.807) is 18.6 Å². The number of oxime groups is 1. The van der Waals surface area contributed by atoms with Crippen LogP contribution in [0.5, 0.6) is 0 Å². The van der Waals surface area contributed by atoms with Gasteiger partial charge in [-0.25, -0.2) is 4.98 Å². The molecule has 0 bridgehead atoms. The highest BCUT2D eigenvalue weighted by atomic mass is 16.4. The monoisotopic (exact) mass is 231 g/mol. The fraction of sp³-hybridized carbons (Fsp3) is 0.182. The fourth-order valence-corrected chi connectivity index (χ4v) is 1.49. The average molecular weight is 231 g/mol. The minimum atomic E-state index is -0.00455. The summed E-state index contributed by atoms with van der Waals surface area (Å²) in [6, 6.07) is 3.54. The molecule has 0 fully saturated rings. The molecule has 0 aliphatic carbocycles. The number of pyridine rings is 1. The molecule has 0 radical (unpaired) electrons. The summed E-state index contributed by atoms with van der Waals surface area (Å²) in [5.41, 5.74) is 8.79. The Morgan fingerprint density at radius 3 is 2.59 bits per heavy atom. The SMILES string of the molecule is Cc1ncn(-c2ccc(/C(N)=N/O)nc2)c1C. The third kappa shape index (κ3) is 1.96. The maximum absolute atomic E-state index is 8.53. The Balaban J connectivity index is 2.39. The first kappa shape index (κ1) is 11.1. The number of aryl methyl sites for hydroxylation is 1. The van der Waals surface area contributed by atoms with Crippen LogP contribution in [-0.4, -0.2) is 25.6 Å². The van der Waals surface area contributed by atoms with E-state index in [-0.39, 0.29) is 5.84 Å². The quantitative estimate of drug-likeness (QED) is 0.349. The maximum atomic E-state index is 8.53. The van der Waals surface area contributed by atoms with Crippen molar-refractivity contribution in [2.45, 2.75) is 13.8 Å². The van der Waals surface area contributed by atoms with Gasteiger partial charge in [0.25, 0.3) is 0 Å². The zero-order chi connectivity index (χ0) is 12.4. The van der Waals surface area contributed by atoms with E-state index in [1.165, 1.54) is 0 Å². The van der Waals surface area contributed by atoms with E-state index >= 15 is 0 Å². The Morgan fingerprint density at radius 1 is 1.35 bits per heavy atom. The van der Waals surface area contributed by atoms with Crippen molar-refractivity contribution >= 4 is 5.84 Å². The van der Waals surface area contributed by atoms with Crippen LogP contribution < -0.4 is 5.73 Å². The van der Waals surface area contributed by atoms with Crippen molar-refractivity contribution in [3.8, 4) is 5.69 Å². The molecular formula is C11H13N5O. The van der Waals surface area contributed by atoms with Crippen LogP contribution in [0.1, 0.15) is 17.1 Å². The van der Waals surface area contributed by atoms with Crippen LogP contribution in [-0.2, 0) is 0 Å². The molecule has 0 spiro atoms. The van der Waals surface area contributed by atoms with Crippen molar-refractivity contribution in [1.82, 2.24) is 14.5 Å². The molecule has 0 saturated heterocycles. The second-order valence-electron chi connectivity index (χ2n) is 3.67. The van der Waals surface area contributed by atoms with Crippen molar-refractivity contribution in [2.24, 2.45) is 10.9 Å². The van der Waals surface area contributed by atoms with Crippen LogP contribution in [0.2, 0.25) is 0 Å². The normalized spacial score (nSPS) is 11.8. The van der Waals surface area contributed by atoms with Crippen molar-refractivity contribution in [1.29, 1.82) is 0 Å². The van der Waals surface area contributed by atoms with Crippen LogP contribution in [0.15, 0.2) is 29.8 Å². The van der Waals surface area contributed by atoms with E-state index in [1.807, 2.05) is 24.5 Å². The highest BCUT2D eigenvalue weighted by Crippen LogP contribution is 2.12. The van der Waals surface area contributed by atoms with Gasteiger partial charge in [-0.1, -0.05) is 5.16 Å². The maximum Gasteiger partial charge on any atom is 0.188 e. The van der Waals surface area contributed by atoms with Gasteiger partial charge >= 0.3 is 0 Å².